The number of rotatable bonds is 8. The van der Waals surface area contributed by atoms with Crippen LogP contribution in [0, 0.1) is 28.4 Å². The number of aryl methyl sites for hydroxylation is 1. The van der Waals surface area contributed by atoms with Crippen LogP contribution >= 0.6 is 11.6 Å². The lowest BCUT2D eigenvalue weighted by atomic mass is 9.83. The van der Waals surface area contributed by atoms with Gasteiger partial charge in [-0.25, -0.2) is 4.79 Å². The third-order valence-electron chi connectivity index (χ3n) is 6.82. The van der Waals surface area contributed by atoms with Gasteiger partial charge in [0.1, 0.15) is 29.7 Å². The molecule has 216 valence electrons. The Bertz CT molecular complexity index is 1810. The predicted molar refractivity (Wildman–Crippen MR) is 157 cm³/mol. The smallest absolute Gasteiger partial charge is 0.345 e. The van der Waals surface area contributed by atoms with Crippen molar-refractivity contribution in [1.82, 2.24) is 0 Å². The van der Waals surface area contributed by atoms with Crippen LogP contribution in [0.4, 0.5) is 5.69 Å². The number of hydrogen-bond acceptors (Lipinski definition) is 9. The van der Waals surface area contributed by atoms with Crippen molar-refractivity contribution >= 4 is 23.3 Å². The fraction of sp³-hybridized carbons (Fsp3) is 0.125. The number of nitriles is 1. The Morgan fingerprint density at radius 3 is 2.53 bits per heavy atom. The first-order valence-corrected chi connectivity index (χ1v) is 13.3. The molecule has 0 radical (unpaired) electrons. The van der Waals surface area contributed by atoms with Crippen molar-refractivity contribution in [2.24, 2.45) is 5.73 Å². The number of methoxy groups -OCH3 is 1. The highest BCUT2D eigenvalue weighted by Crippen LogP contribution is 2.45. The molecule has 4 aromatic rings. The van der Waals surface area contributed by atoms with Gasteiger partial charge in [-0.3, -0.25) is 10.1 Å². The van der Waals surface area contributed by atoms with Crippen molar-refractivity contribution in [3.05, 3.63) is 133 Å². The molecule has 11 heteroatoms. The van der Waals surface area contributed by atoms with Crippen LogP contribution in [0.25, 0.3) is 0 Å². The van der Waals surface area contributed by atoms with Gasteiger partial charge >= 0.3 is 5.97 Å². The molecule has 1 atom stereocenters. The number of hydrogen-bond donors (Lipinski definition) is 1. The topological polar surface area (TPSA) is 147 Å². The summed E-state index contributed by atoms with van der Waals surface area (Å²) in [6.07, 6.45) is 0. The first-order valence-electron chi connectivity index (χ1n) is 12.9. The van der Waals surface area contributed by atoms with Crippen molar-refractivity contribution in [3.8, 4) is 29.1 Å². The van der Waals surface area contributed by atoms with Crippen LogP contribution in [0.1, 0.15) is 38.5 Å². The molecule has 0 saturated carbocycles. The summed E-state index contributed by atoms with van der Waals surface area (Å²) in [5.41, 5.74) is 9.30. The highest BCUT2D eigenvalue weighted by Gasteiger charge is 2.32. The molecule has 1 aliphatic heterocycles. The number of nitrogens with zero attached hydrogens (tertiary/aromatic N) is 2. The molecule has 0 aliphatic carbocycles. The van der Waals surface area contributed by atoms with E-state index >= 15 is 0 Å². The van der Waals surface area contributed by atoms with Crippen molar-refractivity contribution in [1.29, 1.82) is 5.26 Å². The van der Waals surface area contributed by atoms with Crippen molar-refractivity contribution in [3.63, 3.8) is 0 Å². The highest BCUT2D eigenvalue weighted by atomic mass is 35.5. The monoisotopic (exact) mass is 597 g/mol. The molecule has 1 aliphatic rings. The van der Waals surface area contributed by atoms with Gasteiger partial charge in [-0.15, -0.1) is 0 Å². The van der Waals surface area contributed by atoms with Gasteiger partial charge in [0.15, 0.2) is 11.5 Å². The van der Waals surface area contributed by atoms with Crippen LogP contribution in [0.2, 0.25) is 5.02 Å². The van der Waals surface area contributed by atoms with E-state index < -0.39 is 16.8 Å². The maximum atomic E-state index is 12.8. The van der Waals surface area contributed by atoms with Crippen LogP contribution in [-0.2, 0) is 6.61 Å². The summed E-state index contributed by atoms with van der Waals surface area (Å²) in [4.78, 5) is 23.3. The number of nitro benzene ring substituents is 1. The molecule has 1 unspecified atom stereocenters. The number of nitro groups is 1. The summed E-state index contributed by atoms with van der Waals surface area (Å²) < 4.78 is 22.8. The number of allylic oxidation sites excluding steroid dienone is 1. The van der Waals surface area contributed by atoms with Gasteiger partial charge in [-0.1, -0.05) is 53.6 Å². The van der Waals surface area contributed by atoms with Crippen LogP contribution in [0.15, 0.2) is 90.3 Å². The minimum Gasteiger partial charge on any atom is -0.493 e. The maximum absolute atomic E-state index is 12.8. The Labute approximate surface area is 251 Å². The van der Waals surface area contributed by atoms with Crippen molar-refractivity contribution in [2.75, 3.05) is 7.11 Å². The van der Waals surface area contributed by atoms with Crippen LogP contribution in [0.3, 0.4) is 0 Å². The van der Waals surface area contributed by atoms with Crippen molar-refractivity contribution < 1.29 is 28.7 Å². The molecule has 0 aromatic heterocycles. The summed E-state index contributed by atoms with van der Waals surface area (Å²) in [5.74, 6) is -0.294. The maximum Gasteiger partial charge on any atom is 0.345 e. The fourth-order valence-corrected chi connectivity index (χ4v) is 4.81. The van der Waals surface area contributed by atoms with E-state index in [-0.39, 0.29) is 39.2 Å². The first-order chi connectivity index (χ1) is 20.7. The number of carbonyl (C=O) groups excluding carboxylic acids is 1. The molecule has 1 heterocycles. The third-order valence-corrected chi connectivity index (χ3v) is 7.15. The second-order valence-electron chi connectivity index (χ2n) is 9.62. The Morgan fingerprint density at radius 2 is 1.84 bits per heavy atom. The largest absolute Gasteiger partial charge is 0.493 e. The zero-order valence-electron chi connectivity index (χ0n) is 23.0. The molecule has 4 aromatic carbocycles. The fourth-order valence-electron chi connectivity index (χ4n) is 4.62. The SMILES string of the molecule is COc1cc(C2C(C#N)=C(N)Oc3cc(OC(=O)c4cc([N+](=O)[O-])ccc4Cl)ccc32)ccc1OCc1ccc(C)cc1. The molecular formula is C32H24ClN3O7. The lowest BCUT2D eigenvalue weighted by molar-refractivity contribution is -0.384. The average Bonchev–Trinajstić information content (AvgIpc) is 3.00. The van der Waals surface area contributed by atoms with Gasteiger partial charge in [0.25, 0.3) is 5.69 Å². The summed E-state index contributed by atoms with van der Waals surface area (Å²) >= 11 is 6.09. The molecule has 0 spiro atoms. The molecule has 0 fully saturated rings. The number of nitrogens with two attached hydrogens (primary N) is 1. The number of non-ortho nitro benzene ring substituents is 1. The van der Waals surface area contributed by atoms with E-state index in [4.69, 9.17) is 36.3 Å². The zero-order valence-corrected chi connectivity index (χ0v) is 23.8. The Balaban J connectivity index is 1.43. The molecule has 0 amide bonds. The molecule has 43 heavy (non-hydrogen) atoms. The normalized spacial score (nSPS) is 13.8. The van der Waals surface area contributed by atoms with Gasteiger partial charge in [0.05, 0.1) is 28.5 Å². The Kier molecular flexibility index (Phi) is 8.18. The quantitative estimate of drug-likeness (QED) is 0.103. The summed E-state index contributed by atoms with van der Waals surface area (Å²) in [6.45, 7) is 2.36. The second-order valence-corrected chi connectivity index (χ2v) is 10.0. The number of benzene rings is 4. The van der Waals surface area contributed by atoms with E-state index in [1.165, 1.54) is 31.4 Å². The summed E-state index contributed by atoms with van der Waals surface area (Å²) in [7, 11) is 1.53. The number of esters is 1. The van der Waals surface area contributed by atoms with Gasteiger partial charge in [0, 0.05) is 23.8 Å². The number of halogens is 1. The molecule has 5 rings (SSSR count). The van der Waals surface area contributed by atoms with E-state index in [1.54, 1.807) is 18.2 Å². The number of carbonyl (C=O) groups is 1. The number of fused-ring (bicyclic) bond motifs is 1. The standard InChI is InChI=1S/C32H24ClN3O7/c1-18-3-5-19(6-4-18)17-41-27-12-7-20(13-29(27)40-2)30-23-10-9-22(15-28(23)43-31(35)25(30)16-34)42-32(37)24-14-21(36(38)39)8-11-26(24)33/h3-15,30H,17,35H2,1-2H3. The Hall–Kier alpha value is -5.53. The molecule has 2 N–H and O–H groups in total. The summed E-state index contributed by atoms with van der Waals surface area (Å²) in [6, 6.07) is 23.6. The molecular weight excluding hydrogens is 574 g/mol. The first kappa shape index (κ1) is 29.0. The van der Waals surface area contributed by atoms with E-state index in [1.807, 2.05) is 37.3 Å². The van der Waals surface area contributed by atoms with E-state index in [9.17, 15) is 20.2 Å². The lowest BCUT2D eigenvalue weighted by Gasteiger charge is -2.27. The number of ether oxygens (including phenoxy) is 4. The van der Waals surface area contributed by atoms with Crippen molar-refractivity contribution in [2.45, 2.75) is 19.4 Å². The molecule has 0 bridgehead atoms. The lowest BCUT2D eigenvalue weighted by Crippen LogP contribution is -2.21. The van der Waals surface area contributed by atoms with Gasteiger partial charge < -0.3 is 24.7 Å². The van der Waals surface area contributed by atoms with E-state index in [0.717, 1.165) is 17.2 Å². The van der Waals surface area contributed by atoms with E-state index in [2.05, 4.69) is 6.07 Å². The van der Waals surface area contributed by atoms with Gasteiger partial charge in [-0.2, -0.15) is 5.26 Å². The van der Waals surface area contributed by atoms with E-state index in [0.29, 0.717) is 29.2 Å². The minimum absolute atomic E-state index is 0.00375. The highest BCUT2D eigenvalue weighted by molar-refractivity contribution is 6.33. The second kappa shape index (κ2) is 12.1. The van der Waals surface area contributed by atoms with Crippen LogP contribution in [-0.4, -0.2) is 18.0 Å². The zero-order chi connectivity index (χ0) is 30.7. The van der Waals surface area contributed by atoms with Crippen LogP contribution in [0.5, 0.6) is 23.0 Å². The predicted octanol–water partition coefficient (Wildman–Crippen LogP) is 6.58. The van der Waals surface area contributed by atoms with Crippen LogP contribution < -0.4 is 24.7 Å². The molecule has 10 nitrogen and oxygen atoms in total. The Morgan fingerprint density at radius 1 is 1.07 bits per heavy atom. The summed E-state index contributed by atoms with van der Waals surface area (Å²) in [5, 5.41) is 21.1. The third kappa shape index (κ3) is 6.07. The minimum atomic E-state index is -0.895. The van der Waals surface area contributed by atoms with Gasteiger partial charge in [-0.05, 0) is 42.3 Å². The molecule has 0 saturated heterocycles. The van der Waals surface area contributed by atoms with Gasteiger partial charge in [0.2, 0.25) is 5.88 Å². The average molecular weight is 598 g/mol.